The highest BCUT2D eigenvalue weighted by molar-refractivity contribution is 6.01. The predicted octanol–water partition coefficient (Wildman–Crippen LogP) is 3.64. The van der Waals surface area contributed by atoms with Gasteiger partial charge in [0.05, 0.1) is 11.6 Å². The summed E-state index contributed by atoms with van der Waals surface area (Å²) in [7, 11) is 0. The van der Waals surface area contributed by atoms with Gasteiger partial charge in [-0.2, -0.15) is 5.26 Å². The molecule has 0 bridgehead atoms. The van der Waals surface area contributed by atoms with E-state index >= 15 is 0 Å². The Morgan fingerprint density at radius 3 is 2.68 bits per heavy atom. The van der Waals surface area contributed by atoms with E-state index in [-0.39, 0.29) is 5.43 Å². The van der Waals surface area contributed by atoms with Crippen LogP contribution >= 0.6 is 0 Å². The molecule has 1 heterocycles. The van der Waals surface area contributed by atoms with Crippen LogP contribution in [-0.4, -0.2) is 4.98 Å². The molecular formula is C19H14N2O. The number of nitrogens with one attached hydrogen (secondary N) is 1. The van der Waals surface area contributed by atoms with E-state index in [1.165, 1.54) is 0 Å². The van der Waals surface area contributed by atoms with E-state index in [4.69, 9.17) is 5.26 Å². The zero-order valence-electron chi connectivity index (χ0n) is 12.4. The standard InChI is InChI=1S/C19H14N2O/c1-10-3-4-14-18(19(14)22)16(10)8-13-7-15-11(2)5-12(9-20)6-17(15)21-13/h3-7,21H,8H2,1-2H3. The first-order valence-electron chi connectivity index (χ1n) is 7.28. The Morgan fingerprint density at radius 1 is 1.09 bits per heavy atom. The number of aromatic amines is 1. The van der Waals surface area contributed by atoms with Crippen molar-refractivity contribution >= 4 is 21.7 Å². The van der Waals surface area contributed by atoms with Crippen molar-refractivity contribution in [1.82, 2.24) is 4.98 Å². The van der Waals surface area contributed by atoms with Gasteiger partial charge < -0.3 is 4.98 Å². The Kier molecular flexibility index (Phi) is 2.52. The molecule has 0 atom stereocenters. The SMILES string of the molecule is Cc1ccc2c(=O)c2c1Cc1cc2c(C)cc(C#N)cc2[nH]1. The fourth-order valence-electron chi connectivity index (χ4n) is 3.20. The molecule has 0 aliphatic heterocycles. The van der Waals surface area contributed by atoms with E-state index in [2.05, 4.69) is 17.1 Å². The van der Waals surface area contributed by atoms with Gasteiger partial charge in [-0.1, -0.05) is 12.1 Å². The van der Waals surface area contributed by atoms with Gasteiger partial charge in [0.1, 0.15) is 0 Å². The second-order valence-electron chi connectivity index (χ2n) is 5.95. The number of hydrogen-bond donors (Lipinski definition) is 1. The molecule has 1 N–H and O–H groups in total. The van der Waals surface area contributed by atoms with Gasteiger partial charge in [0.25, 0.3) is 0 Å². The van der Waals surface area contributed by atoms with Crippen LogP contribution in [0.2, 0.25) is 0 Å². The average molecular weight is 286 g/mol. The molecule has 0 fully saturated rings. The third-order valence-corrected chi connectivity index (χ3v) is 4.45. The molecule has 0 saturated heterocycles. The largest absolute Gasteiger partial charge is 0.358 e. The second kappa shape index (κ2) is 4.32. The highest BCUT2D eigenvalue weighted by atomic mass is 16.1. The lowest BCUT2D eigenvalue weighted by atomic mass is 10.0. The maximum atomic E-state index is 11.8. The van der Waals surface area contributed by atoms with Gasteiger partial charge in [0, 0.05) is 33.8 Å². The summed E-state index contributed by atoms with van der Waals surface area (Å²) in [6, 6.07) is 12.0. The Labute approximate surface area is 127 Å². The third kappa shape index (κ3) is 1.78. The third-order valence-electron chi connectivity index (χ3n) is 4.45. The highest BCUT2D eigenvalue weighted by Crippen LogP contribution is 2.28. The lowest BCUT2D eigenvalue weighted by Gasteiger charge is -2.02. The highest BCUT2D eigenvalue weighted by Gasteiger charge is 2.19. The van der Waals surface area contributed by atoms with Crippen LogP contribution in [0.25, 0.3) is 21.7 Å². The molecule has 0 saturated carbocycles. The summed E-state index contributed by atoms with van der Waals surface area (Å²) in [5.74, 6) is 0. The lowest BCUT2D eigenvalue weighted by Crippen LogP contribution is -1.91. The minimum Gasteiger partial charge on any atom is -0.358 e. The van der Waals surface area contributed by atoms with Gasteiger partial charge in [0.2, 0.25) is 0 Å². The van der Waals surface area contributed by atoms with E-state index in [0.717, 1.165) is 50.5 Å². The maximum absolute atomic E-state index is 11.8. The van der Waals surface area contributed by atoms with Crippen molar-refractivity contribution in [2.24, 2.45) is 0 Å². The molecule has 4 aromatic rings. The molecule has 3 aromatic carbocycles. The summed E-state index contributed by atoms with van der Waals surface area (Å²) < 4.78 is 0. The molecule has 0 amide bonds. The molecule has 0 aliphatic rings. The summed E-state index contributed by atoms with van der Waals surface area (Å²) in [6.45, 7) is 4.06. The smallest absolute Gasteiger partial charge is 0.194 e. The summed E-state index contributed by atoms with van der Waals surface area (Å²) in [5, 5.41) is 12.0. The number of aryl methyl sites for hydroxylation is 2. The summed E-state index contributed by atoms with van der Waals surface area (Å²) in [4.78, 5) is 15.2. The van der Waals surface area contributed by atoms with Gasteiger partial charge in [-0.3, -0.25) is 4.79 Å². The van der Waals surface area contributed by atoms with Crippen LogP contribution < -0.4 is 5.43 Å². The van der Waals surface area contributed by atoms with Gasteiger partial charge >= 0.3 is 0 Å². The molecule has 22 heavy (non-hydrogen) atoms. The van der Waals surface area contributed by atoms with Crippen molar-refractivity contribution in [2.75, 3.05) is 0 Å². The normalized spacial score (nSPS) is 11.5. The Hall–Kier alpha value is -2.86. The van der Waals surface area contributed by atoms with Crippen LogP contribution in [0.1, 0.15) is 27.9 Å². The van der Waals surface area contributed by atoms with Crippen LogP contribution in [-0.2, 0) is 6.42 Å². The zero-order chi connectivity index (χ0) is 15.4. The minimum absolute atomic E-state index is 0.183. The number of benzene rings is 2. The first-order chi connectivity index (χ1) is 10.6. The molecule has 0 radical (unpaired) electrons. The van der Waals surface area contributed by atoms with Crippen molar-refractivity contribution in [2.45, 2.75) is 20.3 Å². The van der Waals surface area contributed by atoms with Crippen LogP contribution in [0.15, 0.2) is 35.1 Å². The summed E-state index contributed by atoms with van der Waals surface area (Å²) in [5.41, 5.74) is 6.26. The molecule has 0 aliphatic carbocycles. The molecule has 0 spiro atoms. The molecule has 106 valence electrons. The first-order valence-corrected chi connectivity index (χ1v) is 7.28. The Bertz CT molecular complexity index is 1100. The van der Waals surface area contributed by atoms with Crippen molar-refractivity contribution < 1.29 is 0 Å². The van der Waals surface area contributed by atoms with Gasteiger partial charge in [0.15, 0.2) is 5.43 Å². The van der Waals surface area contributed by atoms with E-state index in [1.807, 2.05) is 38.1 Å². The van der Waals surface area contributed by atoms with Crippen LogP contribution in [0.5, 0.6) is 0 Å². The number of fused-ring (bicyclic) bond motifs is 2. The topological polar surface area (TPSA) is 56.6 Å². The van der Waals surface area contributed by atoms with E-state index in [0.29, 0.717) is 5.56 Å². The Balaban J connectivity index is 1.82. The molecule has 3 nitrogen and oxygen atoms in total. The number of aromatic nitrogens is 1. The number of nitriles is 1. The fourth-order valence-corrected chi connectivity index (χ4v) is 3.20. The van der Waals surface area contributed by atoms with Crippen LogP contribution in [0.3, 0.4) is 0 Å². The lowest BCUT2D eigenvalue weighted by molar-refractivity contribution is 1.12. The van der Waals surface area contributed by atoms with Gasteiger partial charge in [-0.05, 0) is 48.7 Å². The van der Waals surface area contributed by atoms with Crippen molar-refractivity contribution in [3.05, 3.63) is 68.5 Å². The zero-order valence-corrected chi connectivity index (χ0v) is 12.4. The summed E-state index contributed by atoms with van der Waals surface area (Å²) >= 11 is 0. The predicted molar refractivity (Wildman–Crippen MR) is 87.9 cm³/mol. The number of rotatable bonds is 2. The van der Waals surface area contributed by atoms with Crippen molar-refractivity contribution in [1.29, 1.82) is 5.26 Å². The Morgan fingerprint density at radius 2 is 1.91 bits per heavy atom. The van der Waals surface area contributed by atoms with Gasteiger partial charge in [-0.25, -0.2) is 0 Å². The van der Waals surface area contributed by atoms with Crippen LogP contribution in [0.4, 0.5) is 0 Å². The van der Waals surface area contributed by atoms with Gasteiger partial charge in [-0.15, -0.1) is 0 Å². The fraction of sp³-hybridized carbons (Fsp3) is 0.158. The van der Waals surface area contributed by atoms with E-state index < -0.39 is 0 Å². The maximum Gasteiger partial charge on any atom is 0.194 e. The molecular weight excluding hydrogens is 272 g/mol. The van der Waals surface area contributed by atoms with Crippen molar-refractivity contribution in [3.63, 3.8) is 0 Å². The summed E-state index contributed by atoms with van der Waals surface area (Å²) in [6.07, 6.45) is 0.719. The monoisotopic (exact) mass is 286 g/mol. The quantitative estimate of drug-likeness (QED) is 0.611. The van der Waals surface area contributed by atoms with Crippen molar-refractivity contribution in [3.8, 4) is 6.07 Å². The molecule has 1 aromatic heterocycles. The molecule has 0 unspecified atom stereocenters. The first kappa shape index (κ1) is 12.8. The number of nitrogens with zero attached hydrogens (tertiary/aromatic N) is 1. The van der Waals surface area contributed by atoms with Crippen LogP contribution in [0, 0.1) is 25.2 Å². The number of H-pyrrole nitrogens is 1. The second-order valence-corrected chi connectivity index (χ2v) is 5.95. The molecule has 3 heteroatoms. The molecule has 4 rings (SSSR count). The average Bonchev–Trinajstić information content (AvgIpc) is 2.96. The minimum atomic E-state index is 0.183. The van der Waals surface area contributed by atoms with E-state index in [1.54, 1.807) is 0 Å². The number of hydrogen-bond acceptors (Lipinski definition) is 2. The van der Waals surface area contributed by atoms with E-state index in [9.17, 15) is 4.79 Å².